The molecule has 2 rings (SSSR count). The number of para-hydroxylation sites is 1. The molecule has 5 nitrogen and oxygen atoms in total. The second-order valence-corrected chi connectivity index (χ2v) is 8.80. The molecule has 0 aliphatic carbocycles. The molecule has 6 heteroatoms. The number of ether oxygens (including phenoxy) is 1. The van der Waals surface area contributed by atoms with E-state index in [0.29, 0.717) is 23.5 Å². The molecule has 2 amide bonds. The van der Waals surface area contributed by atoms with Gasteiger partial charge in [-0.2, -0.15) is 0 Å². The monoisotopic (exact) mass is 460 g/mol. The first-order valence-electron chi connectivity index (χ1n) is 9.82. The van der Waals surface area contributed by atoms with E-state index in [1.165, 1.54) is 0 Å². The van der Waals surface area contributed by atoms with Gasteiger partial charge >= 0.3 is 0 Å². The number of hydrogen-bond acceptors (Lipinski definition) is 3. The molecule has 0 aliphatic rings. The molecule has 0 spiro atoms. The van der Waals surface area contributed by atoms with Gasteiger partial charge in [-0.1, -0.05) is 62.2 Å². The summed E-state index contributed by atoms with van der Waals surface area (Å²) in [6.45, 7) is 8.81. The van der Waals surface area contributed by atoms with E-state index < -0.39 is 0 Å². The van der Waals surface area contributed by atoms with Gasteiger partial charge in [-0.25, -0.2) is 0 Å². The first-order valence-corrected chi connectivity index (χ1v) is 10.6. The fraction of sp³-hybridized carbons (Fsp3) is 0.391. The number of hydrogen-bond donors (Lipinski definition) is 2. The minimum Gasteiger partial charge on any atom is -0.483 e. The van der Waals surface area contributed by atoms with Crippen molar-refractivity contribution in [3.8, 4) is 5.75 Å². The number of rotatable bonds is 8. The number of carbonyl (C=O) groups is 2. The van der Waals surface area contributed by atoms with E-state index in [1.807, 2.05) is 18.2 Å². The van der Waals surface area contributed by atoms with Crippen LogP contribution < -0.4 is 15.4 Å². The van der Waals surface area contributed by atoms with Gasteiger partial charge in [-0.3, -0.25) is 9.59 Å². The molecule has 0 aromatic heterocycles. The van der Waals surface area contributed by atoms with E-state index >= 15 is 0 Å². The molecule has 0 radical (unpaired) electrons. The number of anilines is 1. The summed E-state index contributed by atoms with van der Waals surface area (Å²) in [6, 6.07) is 12.7. The van der Waals surface area contributed by atoms with Crippen LogP contribution in [0.2, 0.25) is 0 Å². The maximum absolute atomic E-state index is 12.5. The molecule has 0 bridgehead atoms. The van der Waals surface area contributed by atoms with E-state index in [9.17, 15) is 9.59 Å². The summed E-state index contributed by atoms with van der Waals surface area (Å²) in [6.07, 6.45) is 1.92. The van der Waals surface area contributed by atoms with Crippen LogP contribution in [0.5, 0.6) is 5.75 Å². The number of unbranched alkanes of at least 4 members (excludes halogenated alkanes) is 1. The normalized spacial score (nSPS) is 11.1. The van der Waals surface area contributed by atoms with Crippen molar-refractivity contribution in [1.82, 2.24) is 5.32 Å². The lowest BCUT2D eigenvalue weighted by atomic mass is 9.86. The van der Waals surface area contributed by atoms with Gasteiger partial charge in [0, 0.05) is 16.6 Å². The number of carbonyl (C=O) groups excluding carboxylic acids is 2. The summed E-state index contributed by atoms with van der Waals surface area (Å²) in [5.74, 6) is 0.154. The average Bonchev–Trinajstić information content (AvgIpc) is 2.67. The van der Waals surface area contributed by atoms with Gasteiger partial charge in [0.25, 0.3) is 11.8 Å². The Kier molecular flexibility index (Phi) is 8.26. The van der Waals surface area contributed by atoms with Crippen molar-refractivity contribution >= 4 is 33.4 Å². The minimum atomic E-state index is -0.318. The Bertz CT molecular complexity index is 859. The van der Waals surface area contributed by atoms with Crippen LogP contribution in [-0.2, 0) is 10.2 Å². The number of benzene rings is 2. The van der Waals surface area contributed by atoms with Crippen LogP contribution in [-0.4, -0.2) is 25.0 Å². The lowest BCUT2D eigenvalue weighted by Crippen LogP contribution is -2.27. The zero-order valence-electron chi connectivity index (χ0n) is 17.5. The first-order chi connectivity index (χ1) is 13.7. The predicted molar refractivity (Wildman–Crippen MR) is 121 cm³/mol. The fourth-order valence-electron chi connectivity index (χ4n) is 2.81. The van der Waals surface area contributed by atoms with Gasteiger partial charge in [0.05, 0.1) is 11.3 Å². The Hall–Kier alpha value is -2.34. The third-order valence-electron chi connectivity index (χ3n) is 4.37. The second-order valence-electron chi connectivity index (χ2n) is 7.88. The summed E-state index contributed by atoms with van der Waals surface area (Å²) in [5.41, 5.74) is 1.80. The zero-order valence-corrected chi connectivity index (χ0v) is 19.1. The van der Waals surface area contributed by atoms with Crippen LogP contribution in [0.1, 0.15) is 56.5 Å². The highest BCUT2D eigenvalue weighted by Gasteiger charge is 2.20. The molecule has 0 saturated carbocycles. The standard InChI is InChI=1S/C23H29BrN2O3/c1-5-6-13-25-22(28)17-9-7-8-10-19(17)26-21(27)15-29-20-12-11-16(24)14-18(20)23(2,3)4/h7-12,14H,5-6,13,15H2,1-4H3,(H,25,28)(H,26,27). The molecule has 156 valence electrons. The molecular formula is C23H29BrN2O3. The van der Waals surface area contributed by atoms with Crippen molar-refractivity contribution in [2.45, 2.75) is 46.0 Å². The van der Waals surface area contributed by atoms with Crippen molar-refractivity contribution in [2.24, 2.45) is 0 Å². The van der Waals surface area contributed by atoms with Gasteiger partial charge in [0.1, 0.15) is 5.75 Å². The van der Waals surface area contributed by atoms with Crippen molar-refractivity contribution in [2.75, 3.05) is 18.5 Å². The fourth-order valence-corrected chi connectivity index (χ4v) is 3.17. The molecule has 0 aliphatic heterocycles. The van der Waals surface area contributed by atoms with Crippen LogP contribution in [0, 0.1) is 0 Å². The van der Waals surface area contributed by atoms with Crippen LogP contribution in [0.3, 0.4) is 0 Å². The Morgan fingerprint density at radius 3 is 2.52 bits per heavy atom. The van der Waals surface area contributed by atoms with E-state index in [1.54, 1.807) is 24.3 Å². The SMILES string of the molecule is CCCCNC(=O)c1ccccc1NC(=O)COc1ccc(Br)cc1C(C)(C)C. The van der Waals surface area contributed by atoms with Crippen molar-refractivity contribution < 1.29 is 14.3 Å². The highest BCUT2D eigenvalue weighted by atomic mass is 79.9. The predicted octanol–water partition coefficient (Wildman–Crippen LogP) is 5.29. The maximum Gasteiger partial charge on any atom is 0.262 e. The Balaban J connectivity index is 2.05. The van der Waals surface area contributed by atoms with E-state index in [-0.39, 0.29) is 23.8 Å². The van der Waals surface area contributed by atoms with Crippen LogP contribution in [0.4, 0.5) is 5.69 Å². The molecule has 29 heavy (non-hydrogen) atoms. The van der Waals surface area contributed by atoms with Gasteiger partial charge < -0.3 is 15.4 Å². The zero-order chi connectivity index (χ0) is 21.4. The first kappa shape index (κ1) is 22.9. The van der Waals surface area contributed by atoms with Gasteiger partial charge in [0.15, 0.2) is 6.61 Å². The van der Waals surface area contributed by atoms with Crippen LogP contribution in [0.15, 0.2) is 46.9 Å². The molecule has 0 fully saturated rings. The second kappa shape index (κ2) is 10.4. The summed E-state index contributed by atoms with van der Waals surface area (Å²) in [7, 11) is 0. The lowest BCUT2D eigenvalue weighted by Gasteiger charge is -2.23. The summed E-state index contributed by atoms with van der Waals surface area (Å²) in [4.78, 5) is 24.9. The number of amides is 2. The van der Waals surface area contributed by atoms with Gasteiger partial charge in [-0.05, 0) is 42.2 Å². The Morgan fingerprint density at radius 1 is 1.10 bits per heavy atom. The Morgan fingerprint density at radius 2 is 1.83 bits per heavy atom. The van der Waals surface area contributed by atoms with Crippen molar-refractivity contribution in [3.05, 3.63) is 58.1 Å². The van der Waals surface area contributed by atoms with E-state index in [4.69, 9.17) is 4.74 Å². The molecule has 2 N–H and O–H groups in total. The summed E-state index contributed by atoms with van der Waals surface area (Å²) < 4.78 is 6.76. The molecule has 0 saturated heterocycles. The highest BCUT2D eigenvalue weighted by molar-refractivity contribution is 9.10. The quantitative estimate of drug-likeness (QED) is 0.525. The topological polar surface area (TPSA) is 67.4 Å². The number of halogens is 1. The minimum absolute atomic E-state index is 0.126. The average molecular weight is 461 g/mol. The third kappa shape index (κ3) is 6.89. The van der Waals surface area contributed by atoms with Gasteiger partial charge in [-0.15, -0.1) is 0 Å². The molecule has 0 unspecified atom stereocenters. The van der Waals surface area contributed by atoms with Crippen molar-refractivity contribution in [1.29, 1.82) is 0 Å². The Labute approximate surface area is 181 Å². The molecule has 0 heterocycles. The summed E-state index contributed by atoms with van der Waals surface area (Å²) >= 11 is 3.48. The van der Waals surface area contributed by atoms with Crippen LogP contribution >= 0.6 is 15.9 Å². The van der Waals surface area contributed by atoms with Crippen LogP contribution in [0.25, 0.3) is 0 Å². The van der Waals surface area contributed by atoms with Crippen molar-refractivity contribution in [3.63, 3.8) is 0 Å². The van der Waals surface area contributed by atoms with E-state index in [0.717, 1.165) is 22.9 Å². The molecule has 2 aromatic rings. The highest BCUT2D eigenvalue weighted by Crippen LogP contribution is 2.33. The molecule has 2 aromatic carbocycles. The van der Waals surface area contributed by atoms with E-state index in [2.05, 4.69) is 54.3 Å². The smallest absolute Gasteiger partial charge is 0.262 e. The summed E-state index contributed by atoms with van der Waals surface area (Å²) in [5, 5.41) is 5.66. The maximum atomic E-state index is 12.5. The third-order valence-corrected chi connectivity index (χ3v) is 4.86. The van der Waals surface area contributed by atoms with Gasteiger partial charge in [0.2, 0.25) is 0 Å². The lowest BCUT2D eigenvalue weighted by molar-refractivity contribution is -0.118. The molecular weight excluding hydrogens is 432 g/mol. The molecule has 0 atom stereocenters. The number of nitrogens with one attached hydrogen (secondary N) is 2. The largest absolute Gasteiger partial charge is 0.483 e.